The highest BCUT2D eigenvalue weighted by atomic mass is 33.1. The standard InChI is InChI=1S/C61H95N21O22S4/c1-25(2)12-31-52(95)71-30(9-10-45(88)89)50(93)73-32(13-29-17-66-24-67-29)53(96)76-35(18-83)54(97)74-33(14-42(63)85)51(94)68-28(6)49(92)78-37(47(65)90)20-105-107-23-40-58(101)77-36(19-84)55(98)75-34(15-43(64)86)61(104)82-11-7-8-41(82)59(102)81-46(26(3)4)60(103)80-39(56(99)69-27(5)48(91)72-31)22-108-106-21-38(57(100)79-40)70-44(87)16-62/h17,24-28,30-41,46,83-84H,7-16,18-23,62H2,1-6H3,(H2,63,85)(H2,64,86)(H2,65,90)(H,66,67)(H,68,94)(H,69,99)(H,70,87)(H,71,95)(H,72,91)(H,73,93)(H,74,97)(H,75,98)(H,76,96)(H,77,101)(H,78,92)(H,79,100)(H,80,103)(H,81,102)(H,88,89)/t27-,28-,30-,31-,32-,33-,34-,35-,36-,37-,38-,39-,40-,41-,46-/m0/s1. The van der Waals surface area contributed by atoms with Crippen molar-refractivity contribution in [2.24, 2.45) is 34.8 Å². The van der Waals surface area contributed by atoms with Crippen LogP contribution >= 0.6 is 43.2 Å². The average molecular weight is 1600 g/mol. The molecule has 3 fully saturated rings. The minimum atomic E-state index is -2.01. The smallest absolute Gasteiger partial charge is 0.303 e. The number of fused-ring (bicyclic) bond motifs is 9. The molecule has 43 nitrogen and oxygen atoms in total. The van der Waals surface area contributed by atoms with Crippen LogP contribution < -0.4 is 97.4 Å². The van der Waals surface area contributed by atoms with E-state index in [2.05, 4.69) is 84.4 Å². The molecular formula is C61H95N21O22S4. The van der Waals surface area contributed by atoms with E-state index in [4.69, 9.17) is 22.9 Å². The number of carbonyl (C=O) groups excluding carboxylic acids is 18. The molecule has 1 aromatic heterocycles. The molecule has 47 heteroatoms. The van der Waals surface area contributed by atoms with Crippen LogP contribution in [0.15, 0.2) is 12.5 Å². The van der Waals surface area contributed by atoms with E-state index in [-0.39, 0.29) is 31.5 Å². The number of nitrogens with one attached hydrogen (secondary N) is 15. The Hall–Kier alpha value is -9.58. The van der Waals surface area contributed by atoms with Crippen LogP contribution in [0.3, 0.4) is 0 Å². The number of rotatable bonds is 17. The zero-order chi connectivity index (χ0) is 80.8. The Kier molecular flexibility index (Phi) is 37.5. The molecule has 15 atom stereocenters. The average Bonchev–Trinajstić information content (AvgIpc) is 1.62. The third-order valence-electron chi connectivity index (χ3n) is 16.4. The van der Waals surface area contributed by atoms with Gasteiger partial charge in [-0.1, -0.05) is 70.9 Å². The van der Waals surface area contributed by atoms with Gasteiger partial charge in [0.1, 0.15) is 90.6 Å². The van der Waals surface area contributed by atoms with Gasteiger partial charge in [-0.2, -0.15) is 0 Å². The predicted octanol–water partition coefficient (Wildman–Crippen LogP) is -10.7. The lowest BCUT2D eigenvalue weighted by atomic mass is 10.0. The fourth-order valence-electron chi connectivity index (χ4n) is 10.5. The van der Waals surface area contributed by atoms with E-state index < -0.39 is 290 Å². The molecule has 0 radical (unpaired) electrons. The first kappa shape index (κ1) is 90.8. The van der Waals surface area contributed by atoms with Gasteiger partial charge in [-0.05, 0) is 51.4 Å². The Morgan fingerprint density at radius 3 is 1.56 bits per heavy atom. The zero-order valence-electron chi connectivity index (χ0n) is 59.7. The Morgan fingerprint density at radius 1 is 0.546 bits per heavy atom. The lowest BCUT2D eigenvalue weighted by molar-refractivity contribution is -0.143. The highest BCUT2D eigenvalue weighted by molar-refractivity contribution is 8.77. The molecule has 0 spiro atoms. The summed E-state index contributed by atoms with van der Waals surface area (Å²) in [5.74, 6) is -24.9. The number of carboxylic acid groups (broad SMARTS) is 1. The summed E-state index contributed by atoms with van der Waals surface area (Å²) in [4.78, 5) is 270. The normalized spacial score (nSPS) is 27.9. The molecule has 600 valence electrons. The van der Waals surface area contributed by atoms with Crippen molar-refractivity contribution in [2.75, 3.05) is 49.3 Å². The molecule has 2 bridgehead atoms. The number of hydrogen-bond acceptors (Lipinski definition) is 27. The van der Waals surface area contributed by atoms with Crippen LogP contribution in [-0.2, 0) is 97.5 Å². The second-order valence-corrected chi connectivity index (χ2v) is 31.0. The summed E-state index contributed by atoms with van der Waals surface area (Å²) in [6.07, 6.45) is -1.34. The molecule has 3 aliphatic rings. The van der Waals surface area contributed by atoms with Crippen molar-refractivity contribution in [1.29, 1.82) is 0 Å². The number of aliphatic carboxylic acids is 1. The van der Waals surface area contributed by atoms with E-state index in [0.717, 1.165) is 55.0 Å². The number of carboxylic acids is 1. The summed E-state index contributed by atoms with van der Waals surface area (Å²) in [5, 5.41) is 64.0. The summed E-state index contributed by atoms with van der Waals surface area (Å²) >= 11 is 0. The first-order valence-electron chi connectivity index (χ1n) is 33.9. The number of amides is 18. The van der Waals surface area contributed by atoms with Crippen LogP contribution in [0.2, 0.25) is 0 Å². The summed E-state index contributed by atoms with van der Waals surface area (Å²) in [5.41, 5.74) is 22.4. The third-order valence-corrected chi connectivity index (χ3v) is 21.2. The van der Waals surface area contributed by atoms with Gasteiger partial charge in [0.2, 0.25) is 106 Å². The van der Waals surface area contributed by atoms with E-state index in [0.29, 0.717) is 0 Å². The molecule has 1 aromatic rings. The van der Waals surface area contributed by atoms with Crippen molar-refractivity contribution < 1.29 is 106 Å². The van der Waals surface area contributed by atoms with E-state index in [1.165, 1.54) is 33.3 Å². The number of aromatic nitrogens is 2. The highest BCUT2D eigenvalue weighted by Gasteiger charge is 2.43. The first-order valence-corrected chi connectivity index (χ1v) is 38.9. The molecular weight excluding hydrogens is 1510 g/mol. The maximum Gasteiger partial charge on any atom is 0.303 e. The first-order chi connectivity index (χ1) is 50.9. The van der Waals surface area contributed by atoms with Gasteiger partial charge < -0.3 is 123 Å². The van der Waals surface area contributed by atoms with Crippen LogP contribution in [0, 0.1) is 11.8 Å². The van der Waals surface area contributed by atoms with E-state index in [1.54, 1.807) is 13.8 Å². The van der Waals surface area contributed by atoms with Gasteiger partial charge in [0.15, 0.2) is 0 Å². The van der Waals surface area contributed by atoms with Crippen molar-refractivity contribution in [3.05, 3.63) is 18.2 Å². The van der Waals surface area contributed by atoms with Crippen LogP contribution in [0.25, 0.3) is 0 Å². The molecule has 0 aliphatic carbocycles. The number of nitrogens with zero attached hydrogens (tertiary/aromatic N) is 2. The van der Waals surface area contributed by atoms with E-state index >= 15 is 0 Å². The molecule has 26 N–H and O–H groups in total. The number of carbonyl (C=O) groups is 19. The molecule has 108 heavy (non-hydrogen) atoms. The molecule has 0 saturated carbocycles. The third kappa shape index (κ3) is 29.5. The number of H-pyrrole nitrogens is 1. The number of aliphatic hydroxyl groups is 2. The molecule has 0 unspecified atom stereocenters. The Morgan fingerprint density at radius 2 is 1.02 bits per heavy atom. The molecule has 3 aliphatic heterocycles. The molecule has 18 amide bonds. The second-order valence-electron chi connectivity index (χ2n) is 25.9. The lowest BCUT2D eigenvalue weighted by Gasteiger charge is -2.31. The fraction of sp³-hybridized carbons (Fsp3) is 0.639. The number of aliphatic hydroxyl groups excluding tert-OH is 2. The molecule has 4 heterocycles. The maximum absolute atomic E-state index is 14.6. The van der Waals surface area contributed by atoms with Crippen molar-refractivity contribution in [3.63, 3.8) is 0 Å². The van der Waals surface area contributed by atoms with Gasteiger partial charge in [-0.15, -0.1) is 0 Å². The molecule has 4 rings (SSSR count). The maximum atomic E-state index is 14.6. The van der Waals surface area contributed by atoms with Crippen LogP contribution in [0.5, 0.6) is 0 Å². The van der Waals surface area contributed by atoms with E-state index in [9.17, 15) is 106 Å². The molecule has 0 aromatic carbocycles. The summed E-state index contributed by atoms with van der Waals surface area (Å²) in [6, 6.07) is -25.8. The van der Waals surface area contributed by atoms with Gasteiger partial charge in [0, 0.05) is 54.3 Å². The Bertz CT molecular complexity index is 3450. The largest absolute Gasteiger partial charge is 0.481 e. The second kappa shape index (κ2) is 44.7. The van der Waals surface area contributed by atoms with Crippen LogP contribution in [0.4, 0.5) is 0 Å². The van der Waals surface area contributed by atoms with Gasteiger partial charge >= 0.3 is 5.97 Å². The van der Waals surface area contributed by atoms with Gasteiger partial charge in [-0.25, -0.2) is 4.98 Å². The monoisotopic (exact) mass is 1600 g/mol. The molecule has 3 saturated heterocycles. The Labute approximate surface area is 634 Å². The number of nitrogens with two attached hydrogens (primary N) is 4. The summed E-state index contributed by atoms with van der Waals surface area (Å²) in [6.45, 7) is 5.38. The summed E-state index contributed by atoms with van der Waals surface area (Å²) < 4.78 is 0. The summed E-state index contributed by atoms with van der Waals surface area (Å²) in [7, 11) is 3.10. The lowest BCUT2D eigenvalue weighted by Crippen LogP contribution is -2.62. The van der Waals surface area contributed by atoms with Crippen LogP contribution in [0.1, 0.15) is 92.2 Å². The quantitative estimate of drug-likeness (QED) is 0.0644. The SMILES string of the molecule is CC(C)C[C@@H]1NC(=O)[C@H](C)NC(=O)[C@@H]2CSSC[C@H](NC(=O)CN)C(=O)N[C@@H](CSSC[C@@H](C(N)=O)NC(=O)[C@H](C)NC(=O)[C@H](CC(N)=O)NC(=O)[C@H](CO)NC(=O)[C@H](Cc3cnc[nH]3)NC(=O)[C@H](CCC(=O)O)NC1=O)C(=O)N[C@@H](CO)C(=O)N[C@@H](CC(N)=O)C(=O)N1CCC[C@H]1C(=O)N[C@@H](C(C)C)C(=O)N2. The topological polar surface area (TPSA) is 689 Å². The van der Waals surface area contributed by atoms with Crippen molar-refractivity contribution in [2.45, 2.75) is 184 Å². The highest BCUT2D eigenvalue weighted by Crippen LogP contribution is 2.26. The number of primary amides is 3. The fourth-order valence-corrected chi connectivity index (χ4v) is 15.2. The van der Waals surface area contributed by atoms with Gasteiger partial charge in [0.25, 0.3) is 0 Å². The van der Waals surface area contributed by atoms with Crippen LogP contribution in [-0.4, -0.2) is 282 Å². The van der Waals surface area contributed by atoms with E-state index in [1.807, 2.05) is 0 Å². The van der Waals surface area contributed by atoms with Crippen molar-refractivity contribution in [3.8, 4) is 0 Å². The Balaban J connectivity index is 1.92. The van der Waals surface area contributed by atoms with Gasteiger partial charge in [-0.3, -0.25) is 91.1 Å². The van der Waals surface area contributed by atoms with Gasteiger partial charge in [0.05, 0.1) is 38.9 Å². The number of imidazole rings is 1. The van der Waals surface area contributed by atoms with Crippen molar-refractivity contribution in [1.82, 2.24) is 89.3 Å². The minimum absolute atomic E-state index is 0.0204. The zero-order valence-corrected chi connectivity index (χ0v) is 63.0. The minimum Gasteiger partial charge on any atom is -0.481 e. The van der Waals surface area contributed by atoms with Crippen molar-refractivity contribution >= 4 is 155 Å². The number of aromatic amines is 1. The number of hydrogen-bond donors (Lipinski definition) is 22. The predicted molar refractivity (Wildman–Crippen MR) is 386 cm³/mol.